The van der Waals surface area contributed by atoms with E-state index in [1.54, 1.807) is 34.4 Å². The van der Waals surface area contributed by atoms with E-state index in [-0.39, 0.29) is 0 Å². The van der Waals surface area contributed by atoms with Crippen LogP contribution in [0.5, 0.6) is 0 Å². The van der Waals surface area contributed by atoms with Gasteiger partial charge in [-0.3, -0.25) is 0 Å². The third-order valence-electron chi connectivity index (χ3n) is 5.66. The van der Waals surface area contributed by atoms with Crippen LogP contribution in [0.25, 0.3) is 11.0 Å². The number of nitrogens with zero attached hydrogens (tertiary/aromatic N) is 10. The highest BCUT2D eigenvalue weighted by Gasteiger charge is 2.14. The molecular weight excluding hydrogens is 541 g/mol. The smallest absolute Gasteiger partial charge is 0.212 e. The average molecular weight is 563 g/mol. The molecule has 0 N–H and O–H groups in total. The van der Waals surface area contributed by atoms with Gasteiger partial charge in [-0.15, -0.1) is 20.4 Å². The van der Waals surface area contributed by atoms with Gasteiger partial charge in [0.05, 0.1) is 34.9 Å². The molecule has 10 nitrogen and oxygen atoms in total. The van der Waals surface area contributed by atoms with Gasteiger partial charge in [0.15, 0.2) is 0 Å². The molecule has 0 aliphatic heterocycles. The summed E-state index contributed by atoms with van der Waals surface area (Å²) in [6.45, 7) is 0. The number of benzene rings is 3. The highest BCUT2D eigenvalue weighted by Crippen LogP contribution is 2.27. The van der Waals surface area contributed by atoms with Crippen molar-refractivity contribution in [2.75, 3.05) is 0 Å². The third kappa shape index (κ3) is 6.30. The maximum atomic E-state index is 4.93. The lowest BCUT2D eigenvalue weighted by Crippen LogP contribution is -2.02. The zero-order valence-corrected chi connectivity index (χ0v) is 22.7. The highest BCUT2D eigenvalue weighted by atomic mass is 32.2. The Morgan fingerprint density at radius 1 is 0.575 bits per heavy atom. The number of para-hydroxylation sites is 2. The normalized spacial score (nSPS) is 11.7. The maximum absolute atomic E-state index is 4.93. The van der Waals surface area contributed by atoms with Gasteiger partial charge >= 0.3 is 0 Å². The van der Waals surface area contributed by atoms with Gasteiger partial charge in [-0.2, -0.15) is 19.6 Å². The maximum Gasteiger partial charge on any atom is 0.212 e. The Morgan fingerprint density at radius 3 is 1.45 bits per heavy atom. The molecule has 0 fully saturated rings. The van der Waals surface area contributed by atoms with E-state index in [0.717, 1.165) is 33.5 Å². The summed E-state index contributed by atoms with van der Waals surface area (Å²) in [6.07, 6.45) is 6.74. The second-order valence-corrected chi connectivity index (χ2v) is 10.3. The van der Waals surface area contributed by atoms with E-state index in [9.17, 15) is 0 Å². The van der Waals surface area contributed by atoms with Crippen LogP contribution in [-0.2, 0) is 11.5 Å². The number of hydrogen-bond acceptors (Lipinski definition) is 10. The molecule has 0 saturated carbocycles. The van der Waals surface area contributed by atoms with Gasteiger partial charge in [-0.1, -0.05) is 96.3 Å². The average Bonchev–Trinajstić information content (AvgIpc) is 3.66. The molecule has 0 aliphatic carbocycles. The second kappa shape index (κ2) is 12.5. The summed E-state index contributed by atoms with van der Waals surface area (Å²) in [6, 6.07) is 27.6. The molecule has 0 unspecified atom stereocenters. The molecule has 0 aliphatic rings. The molecule has 12 heteroatoms. The first-order chi connectivity index (χ1) is 19.8. The van der Waals surface area contributed by atoms with Crippen molar-refractivity contribution in [3.05, 3.63) is 120 Å². The van der Waals surface area contributed by atoms with E-state index in [1.807, 2.05) is 84.9 Å². The number of aromatic nitrogens is 8. The van der Waals surface area contributed by atoms with Gasteiger partial charge in [-0.05, 0) is 23.3 Å². The van der Waals surface area contributed by atoms with Gasteiger partial charge < -0.3 is 0 Å². The molecule has 3 aromatic carbocycles. The van der Waals surface area contributed by atoms with Crippen LogP contribution in [0.3, 0.4) is 0 Å². The van der Waals surface area contributed by atoms with Crippen LogP contribution >= 0.6 is 23.5 Å². The van der Waals surface area contributed by atoms with Gasteiger partial charge in [0.2, 0.25) is 10.3 Å². The van der Waals surface area contributed by atoms with E-state index >= 15 is 0 Å². The van der Waals surface area contributed by atoms with Crippen LogP contribution in [0.2, 0.25) is 0 Å². The first-order valence-electron chi connectivity index (χ1n) is 12.3. The monoisotopic (exact) mass is 562 g/mol. The molecule has 6 aromatic rings. The van der Waals surface area contributed by atoms with Crippen LogP contribution in [-0.4, -0.2) is 52.1 Å². The summed E-state index contributed by atoms with van der Waals surface area (Å²) in [7, 11) is 0. The molecule has 3 heterocycles. The molecule has 0 bridgehead atoms. The van der Waals surface area contributed by atoms with Crippen molar-refractivity contribution in [2.24, 2.45) is 10.2 Å². The van der Waals surface area contributed by atoms with E-state index in [0.29, 0.717) is 21.8 Å². The van der Waals surface area contributed by atoms with Gasteiger partial charge in [0.25, 0.3) is 0 Å². The Kier molecular flexibility index (Phi) is 7.97. The minimum Gasteiger partial charge on any atom is -0.248 e. The standard InChI is InChI=1S/C28H22N10S2/c1-3-9-21(10-4-1)15-31-37-19-29-35-27(37)39-17-25-26(34-24-14-8-7-13-23(24)33-25)18-40-28-36-30-20-38(28)32-16-22-11-5-2-6-12-22/h1-16,19-20H,17-18H2/b31-15+,32-16+. The Balaban J connectivity index is 1.20. The van der Waals surface area contributed by atoms with Crippen molar-refractivity contribution in [1.29, 1.82) is 0 Å². The zero-order chi connectivity index (χ0) is 27.0. The molecule has 0 amide bonds. The summed E-state index contributed by atoms with van der Waals surface area (Å²) >= 11 is 3.01. The SMILES string of the molecule is C(=N\n1cnnc1SCc1nc2ccccc2nc1CSc1nncn1/N=C/c1ccccc1)/c1ccccc1. The van der Waals surface area contributed by atoms with Crippen molar-refractivity contribution in [3.63, 3.8) is 0 Å². The summed E-state index contributed by atoms with van der Waals surface area (Å²) in [5, 5.41) is 26.9. The lowest BCUT2D eigenvalue weighted by molar-refractivity contribution is 0.765. The fraction of sp³-hybridized carbons (Fsp3) is 0.0714. The fourth-order valence-corrected chi connectivity index (χ4v) is 5.35. The summed E-state index contributed by atoms with van der Waals surface area (Å²) < 4.78 is 3.32. The Bertz CT molecular complexity index is 1630. The Labute approximate surface area is 238 Å². The summed E-state index contributed by atoms with van der Waals surface area (Å²) in [5.74, 6) is 1.10. The third-order valence-corrected chi connectivity index (χ3v) is 7.55. The Hall–Kier alpha value is -4.68. The lowest BCUT2D eigenvalue weighted by atomic mass is 10.2. The van der Waals surface area contributed by atoms with E-state index in [1.165, 1.54) is 23.5 Å². The number of hydrogen-bond donors (Lipinski definition) is 0. The summed E-state index contributed by atoms with van der Waals surface area (Å²) in [5.41, 5.74) is 5.38. The minimum absolute atomic E-state index is 0.548. The minimum atomic E-state index is 0.548. The van der Waals surface area contributed by atoms with Gasteiger partial charge in [-0.25, -0.2) is 9.97 Å². The highest BCUT2D eigenvalue weighted by molar-refractivity contribution is 7.98. The molecule has 3 aromatic heterocycles. The number of rotatable bonds is 10. The van der Waals surface area contributed by atoms with Crippen molar-refractivity contribution in [3.8, 4) is 0 Å². The van der Waals surface area contributed by atoms with Crippen LogP contribution in [0.4, 0.5) is 0 Å². The van der Waals surface area contributed by atoms with Gasteiger partial charge in [0.1, 0.15) is 12.7 Å². The molecule has 0 spiro atoms. The fourth-order valence-electron chi connectivity index (χ4n) is 3.69. The van der Waals surface area contributed by atoms with E-state index < -0.39 is 0 Å². The predicted octanol–water partition coefficient (Wildman–Crippen LogP) is 5.16. The van der Waals surface area contributed by atoms with Crippen LogP contribution in [0, 0.1) is 0 Å². The molecular formula is C28H22N10S2. The largest absolute Gasteiger partial charge is 0.248 e. The Morgan fingerprint density at radius 2 is 1.00 bits per heavy atom. The topological polar surface area (TPSA) is 112 Å². The second-order valence-electron chi connectivity index (χ2n) is 8.41. The zero-order valence-electron chi connectivity index (χ0n) is 21.1. The number of thioether (sulfide) groups is 2. The van der Waals surface area contributed by atoms with Crippen LogP contribution < -0.4 is 0 Å². The van der Waals surface area contributed by atoms with Crippen LogP contribution in [0.15, 0.2) is 118 Å². The van der Waals surface area contributed by atoms with Gasteiger partial charge in [0, 0.05) is 11.5 Å². The predicted molar refractivity (Wildman–Crippen MR) is 158 cm³/mol. The molecule has 6 rings (SSSR count). The molecule has 40 heavy (non-hydrogen) atoms. The summed E-state index contributed by atoms with van der Waals surface area (Å²) in [4.78, 5) is 9.86. The van der Waals surface area contributed by atoms with E-state index in [4.69, 9.17) is 9.97 Å². The van der Waals surface area contributed by atoms with Crippen molar-refractivity contribution >= 4 is 47.0 Å². The first-order valence-corrected chi connectivity index (χ1v) is 14.3. The van der Waals surface area contributed by atoms with Crippen molar-refractivity contribution in [2.45, 2.75) is 21.8 Å². The van der Waals surface area contributed by atoms with Crippen LogP contribution in [0.1, 0.15) is 22.5 Å². The molecule has 196 valence electrons. The lowest BCUT2D eigenvalue weighted by Gasteiger charge is -2.09. The molecule has 0 radical (unpaired) electrons. The quantitative estimate of drug-likeness (QED) is 0.166. The number of fused-ring (bicyclic) bond motifs is 1. The molecule has 0 atom stereocenters. The van der Waals surface area contributed by atoms with Crippen molar-refractivity contribution < 1.29 is 0 Å². The van der Waals surface area contributed by atoms with E-state index in [2.05, 4.69) is 30.6 Å². The first kappa shape index (κ1) is 25.6. The van der Waals surface area contributed by atoms with Crippen molar-refractivity contribution in [1.82, 2.24) is 39.7 Å². The molecule has 0 saturated heterocycles.